The summed E-state index contributed by atoms with van der Waals surface area (Å²) in [5.41, 5.74) is -1.65. The molecule has 0 radical (unpaired) electrons. The molecular weight excluding hydrogens is 307 g/mol. The molecule has 1 rings (SSSR count). The van der Waals surface area contributed by atoms with Crippen LogP contribution in [0, 0.1) is 5.41 Å². The number of rotatable bonds is 7. The van der Waals surface area contributed by atoms with Crippen LogP contribution in [0.4, 0.5) is 18.9 Å². The number of alkyl halides is 3. The lowest BCUT2D eigenvalue weighted by Crippen LogP contribution is -2.30. The first-order valence-corrected chi connectivity index (χ1v) is 6.99. The Morgan fingerprint density at radius 2 is 1.91 bits per heavy atom. The predicted molar refractivity (Wildman–Crippen MR) is 84.4 cm³/mol. The van der Waals surface area contributed by atoms with Crippen molar-refractivity contribution in [2.75, 3.05) is 11.9 Å². The quantitative estimate of drug-likeness (QED) is 0.730. The fourth-order valence-corrected chi connectivity index (χ4v) is 1.86. The third kappa shape index (κ3) is 5.16. The first-order chi connectivity index (χ1) is 10.6. The molecule has 3 nitrogen and oxygen atoms in total. The second-order valence-electron chi connectivity index (χ2n) is 5.64. The molecular formula is C17H20F3NO2. The molecule has 6 heteroatoms. The summed E-state index contributed by atoms with van der Waals surface area (Å²) in [7, 11) is 0. The number of halogens is 3. The lowest BCUT2D eigenvalue weighted by Gasteiger charge is -2.22. The van der Waals surface area contributed by atoms with Crippen molar-refractivity contribution in [2.45, 2.75) is 26.4 Å². The molecule has 0 heterocycles. The maximum absolute atomic E-state index is 13.1. The molecule has 0 bridgehead atoms. The summed E-state index contributed by atoms with van der Waals surface area (Å²) in [4.78, 5) is 12.2. The summed E-state index contributed by atoms with van der Waals surface area (Å²) < 4.78 is 44.4. The highest BCUT2D eigenvalue weighted by Gasteiger charge is 2.35. The number of hydrogen-bond donors (Lipinski definition) is 1. The van der Waals surface area contributed by atoms with Gasteiger partial charge in [-0.1, -0.05) is 32.6 Å². The smallest absolute Gasteiger partial charge is 0.420 e. The highest BCUT2D eigenvalue weighted by molar-refractivity contribution is 5.95. The zero-order valence-electron chi connectivity index (χ0n) is 13.2. The Labute approximate surface area is 133 Å². The topological polar surface area (TPSA) is 38.3 Å². The van der Waals surface area contributed by atoms with Crippen LogP contribution in [0.15, 0.2) is 43.5 Å². The van der Waals surface area contributed by atoms with Crippen molar-refractivity contribution in [3.8, 4) is 5.75 Å². The highest BCUT2D eigenvalue weighted by Crippen LogP contribution is 2.38. The molecule has 126 valence electrons. The van der Waals surface area contributed by atoms with E-state index < -0.39 is 17.2 Å². The maximum atomic E-state index is 13.1. The zero-order chi connectivity index (χ0) is 17.7. The first-order valence-electron chi connectivity index (χ1n) is 6.99. The van der Waals surface area contributed by atoms with Crippen LogP contribution >= 0.6 is 0 Å². The van der Waals surface area contributed by atoms with Gasteiger partial charge in [-0.25, -0.2) is 0 Å². The standard InChI is InChI=1S/C17H20F3NO2/c1-5-9-16(3,4)15(22)21-12-7-8-14(23-10-6-2)13(11-12)17(18,19)20/h5-8,11H,1-2,9-10H2,3-4H3,(H,21,22). The van der Waals surface area contributed by atoms with Crippen molar-refractivity contribution in [2.24, 2.45) is 5.41 Å². The molecule has 1 aromatic rings. The van der Waals surface area contributed by atoms with Gasteiger partial charge >= 0.3 is 6.18 Å². The van der Waals surface area contributed by atoms with Gasteiger partial charge in [0, 0.05) is 11.1 Å². The van der Waals surface area contributed by atoms with Gasteiger partial charge in [0.25, 0.3) is 0 Å². The van der Waals surface area contributed by atoms with Gasteiger partial charge < -0.3 is 10.1 Å². The van der Waals surface area contributed by atoms with Crippen LogP contribution in [0.2, 0.25) is 0 Å². The summed E-state index contributed by atoms with van der Waals surface area (Å²) in [6, 6.07) is 3.41. The maximum Gasteiger partial charge on any atom is 0.420 e. The predicted octanol–water partition coefficient (Wildman–Crippen LogP) is 4.81. The minimum absolute atomic E-state index is 0.0405. The van der Waals surface area contributed by atoms with E-state index in [9.17, 15) is 18.0 Å². The van der Waals surface area contributed by atoms with Crippen molar-refractivity contribution >= 4 is 11.6 Å². The number of hydrogen-bond acceptors (Lipinski definition) is 2. The Kier molecular flexibility index (Phi) is 6.01. The molecule has 1 aromatic carbocycles. The van der Waals surface area contributed by atoms with Crippen molar-refractivity contribution in [1.29, 1.82) is 0 Å². The third-order valence-corrected chi connectivity index (χ3v) is 3.17. The van der Waals surface area contributed by atoms with Gasteiger partial charge in [0.15, 0.2) is 0 Å². The van der Waals surface area contributed by atoms with Crippen LogP contribution in [0.3, 0.4) is 0 Å². The molecule has 1 N–H and O–H groups in total. The van der Waals surface area contributed by atoms with E-state index in [1.807, 2.05) is 0 Å². The average molecular weight is 327 g/mol. The molecule has 0 aliphatic carbocycles. The van der Waals surface area contributed by atoms with Gasteiger partial charge in [0.1, 0.15) is 12.4 Å². The second kappa shape index (κ2) is 7.35. The number of amides is 1. The number of ether oxygens (including phenoxy) is 1. The van der Waals surface area contributed by atoms with Gasteiger partial charge in [0.2, 0.25) is 5.91 Å². The molecule has 0 aromatic heterocycles. The molecule has 0 aliphatic heterocycles. The third-order valence-electron chi connectivity index (χ3n) is 3.17. The van der Waals surface area contributed by atoms with E-state index in [-0.39, 0.29) is 24.0 Å². The van der Waals surface area contributed by atoms with Crippen LogP contribution < -0.4 is 10.1 Å². The molecule has 0 fully saturated rings. The minimum atomic E-state index is -4.59. The Morgan fingerprint density at radius 3 is 2.43 bits per heavy atom. The SMILES string of the molecule is C=CCOc1ccc(NC(=O)C(C)(C)CC=C)cc1C(F)(F)F. The van der Waals surface area contributed by atoms with Gasteiger partial charge in [-0.05, 0) is 24.6 Å². The molecule has 0 saturated heterocycles. The Hall–Kier alpha value is -2.24. The van der Waals surface area contributed by atoms with Crippen LogP contribution in [0.25, 0.3) is 0 Å². The number of anilines is 1. The first kappa shape index (κ1) is 18.8. The van der Waals surface area contributed by atoms with Crippen LogP contribution in [-0.2, 0) is 11.0 Å². The fraction of sp³-hybridized carbons (Fsp3) is 0.353. The molecule has 0 saturated carbocycles. The molecule has 23 heavy (non-hydrogen) atoms. The second-order valence-corrected chi connectivity index (χ2v) is 5.64. The zero-order valence-corrected chi connectivity index (χ0v) is 13.2. The lowest BCUT2D eigenvalue weighted by atomic mass is 9.88. The molecule has 0 unspecified atom stereocenters. The van der Waals surface area contributed by atoms with Crippen LogP contribution in [0.5, 0.6) is 5.75 Å². The molecule has 0 spiro atoms. The van der Waals surface area contributed by atoms with Crippen molar-refractivity contribution in [1.82, 2.24) is 0 Å². The number of allylic oxidation sites excluding steroid dienone is 1. The Bertz CT molecular complexity index is 592. The number of benzene rings is 1. The Morgan fingerprint density at radius 1 is 1.26 bits per heavy atom. The number of nitrogens with one attached hydrogen (secondary N) is 1. The molecule has 0 atom stereocenters. The monoisotopic (exact) mass is 327 g/mol. The van der Waals surface area contributed by atoms with E-state index in [0.29, 0.717) is 6.42 Å². The van der Waals surface area contributed by atoms with Gasteiger partial charge in [-0.3, -0.25) is 4.79 Å². The summed E-state index contributed by atoms with van der Waals surface area (Å²) in [6.07, 6.45) is -1.24. The van der Waals surface area contributed by atoms with E-state index >= 15 is 0 Å². The Balaban J connectivity index is 3.08. The van der Waals surface area contributed by atoms with Crippen LogP contribution in [0.1, 0.15) is 25.8 Å². The lowest BCUT2D eigenvalue weighted by molar-refractivity contribution is -0.138. The fourth-order valence-electron chi connectivity index (χ4n) is 1.86. The minimum Gasteiger partial charge on any atom is -0.489 e. The largest absolute Gasteiger partial charge is 0.489 e. The van der Waals surface area contributed by atoms with Crippen molar-refractivity contribution in [3.63, 3.8) is 0 Å². The van der Waals surface area contributed by atoms with E-state index in [1.54, 1.807) is 19.9 Å². The molecule has 1 amide bonds. The summed E-state index contributed by atoms with van der Waals surface area (Å²) in [5.74, 6) is -0.689. The van der Waals surface area contributed by atoms with E-state index in [4.69, 9.17) is 4.74 Å². The summed E-state index contributed by atoms with van der Waals surface area (Å²) in [5, 5.41) is 2.50. The average Bonchev–Trinajstić information content (AvgIpc) is 2.44. The number of carbonyl (C=O) groups is 1. The van der Waals surface area contributed by atoms with Gasteiger partial charge in [0.05, 0.1) is 5.56 Å². The van der Waals surface area contributed by atoms with Crippen molar-refractivity contribution in [3.05, 3.63) is 49.1 Å². The summed E-state index contributed by atoms with van der Waals surface area (Å²) in [6.45, 7) is 10.3. The normalized spacial score (nSPS) is 11.7. The molecule has 0 aliphatic rings. The van der Waals surface area contributed by atoms with Crippen molar-refractivity contribution < 1.29 is 22.7 Å². The van der Waals surface area contributed by atoms with E-state index in [0.717, 1.165) is 6.07 Å². The number of carbonyl (C=O) groups excluding carboxylic acids is 1. The van der Waals surface area contributed by atoms with Gasteiger partial charge in [-0.15, -0.1) is 6.58 Å². The summed E-state index contributed by atoms with van der Waals surface area (Å²) >= 11 is 0. The van der Waals surface area contributed by atoms with Gasteiger partial charge in [-0.2, -0.15) is 13.2 Å². The van der Waals surface area contributed by atoms with E-state index in [2.05, 4.69) is 18.5 Å². The van der Waals surface area contributed by atoms with Crippen LogP contribution in [-0.4, -0.2) is 12.5 Å². The highest BCUT2D eigenvalue weighted by atomic mass is 19.4. The van der Waals surface area contributed by atoms with E-state index in [1.165, 1.54) is 18.2 Å².